The first-order valence-electron chi connectivity index (χ1n) is 8.53. The fraction of sp³-hybridized carbons (Fsp3) is 0.300. The predicted molar refractivity (Wildman–Crippen MR) is 104 cm³/mol. The number of hydrogen-bond donors (Lipinski definition) is 3. The van der Waals surface area contributed by atoms with E-state index in [0.29, 0.717) is 28.5 Å². The van der Waals surface area contributed by atoms with E-state index in [1.165, 1.54) is 21.3 Å². The van der Waals surface area contributed by atoms with E-state index in [-0.39, 0.29) is 6.54 Å². The van der Waals surface area contributed by atoms with Gasteiger partial charge in [-0.1, -0.05) is 12.1 Å². The van der Waals surface area contributed by atoms with Gasteiger partial charge in [-0.25, -0.2) is 0 Å². The number of carbonyl (C=O) groups is 2. The van der Waals surface area contributed by atoms with Gasteiger partial charge >= 0.3 is 11.8 Å². The molecule has 0 heterocycles. The summed E-state index contributed by atoms with van der Waals surface area (Å²) in [5, 5.41) is 15.2. The van der Waals surface area contributed by atoms with Gasteiger partial charge in [-0.3, -0.25) is 9.59 Å². The van der Waals surface area contributed by atoms with E-state index in [1.807, 2.05) is 13.0 Å². The van der Waals surface area contributed by atoms with E-state index in [9.17, 15) is 14.7 Å². The number of amides is 2. The molecule has 0 saturated carbocycles. The van der Waals surface area contributed by atoms with Crippen molar-refractivity contribution in [1.29, 1.82) is 0 Å². The van der Waals surface area contributed by atoms with E-state index in [0.717, 1.165) is 5.56 Å². The van der Waals surface area contributed by atoms with Crippen molar-refractivity contribution in [2.24, 2.45) is 0 Å². The van der Waals surface area contributed by atoms with Gasteiger partial charge in [0.15, 0.2) is 11.5 Å². The fourth-order valence-corrected chi connectivity index (χ4v) is 2.55. The number of ether oxygens (including phenoxy) is 3. The lowest BCUT2D eigenvalue weighted by Crippen LogP contribution is -2.37. The minimum Gasteiger partial charge on any atom is -0.495 e. The zero-order chi connectivity index (χ0) is 20.7. The summed E-state index contributed by atoms with van der Waals surface area (Å²) in [6.07, 6.45) is -1.02. The normalized spacial score (nSPS) is 11.3. The van der Waals surface area contributed by atoms with E-state index in [2.05, 4.69) is 10.6 Å². The van der Waals surface area contributed by atoms with Crippen LogP contribution in [0, 0.1) is 6.92 Å². The molecule has 0 fully saturated rings. The second-order valence-electron chi connectivity index (χ2n) is 6.00. The molecule has 28 heavy (non-hydrogen) atoms. The fourth-order valence-electron chi connectivity index (χ4n) is 2.55. The first kappa shape index (κ1) is 21.0. The standard InChI is InChI=1S/C20H24N2O6/c1-12-5-7-16(26-2)14(9-12)22-20(25)19(24)21-11-15(23)13-6-8-17(27-3)18(10-13)28-4/h5-10,15,23H,11H2,1-4H3,(H,21,24)(H,22,25). The summed E-state index contributed by atoms with van der Waals surface area (Å²) in [5.41, 5.74) is 1.81. The molecule has 3 N–H and O–H groups in total. The zero-order valence-electron chi connectivity index (χ0n) is 16.2. The number of benzene rings is 2. The molecule has 150 valence electrons. The van der Waals surface area contributed by atoms with Gasteiger partial charge in [0.1, 0.15) is 5.75 Å². The van der Waals surface area contributed by atoms with Crippen molar-refractivity contribution >= 4 is 17.5 Å². The van der Waals surface area contributed by atoms with Crippen molar-refractivity contribution in [2.75, 3.05) is 33.2 Å². The van der Waals surface area contributed by atoms with Gasteiger partial charge in [-0.05, 0) is 42.3 Å². The van der Waals surface area contributed by atoms with Crippen LogP contribution in [0.1, 0.15) is 17.2 Å². The van der Waals surface area contributed by atoms with Crippen LogP contribution in [-0.2, 0) is 9.59 Å². The van der Waals surface area contributed by atoms with E-state index < -0.39 is 17.9 Å². The predicted octanol–water partition coefficient (Wildman–Crippen LogP) is 1.81. The topological polar surface area (TPSA) is 106 Å². The van der Waals surface area contributed by atoms with Crippen molar-refractivity contribution in [1.82, 2.24) is 5.32 Å². The Morgan fingerprint density at radius 3 is 2.21 bits per heavy atom. The molecule has 0 aromatic heterocycles. The highest BCUT2D eigenvalue weighted by molar-refractivity contribution is 6.39. The lowest BCUT2D eigenvalue weighted by atomic mass is 10.1. The van der Waals surface area contributed by atoms with E-state index in [1.54, 1.807) is 30.3 Å². The molecule has 1 unspecified atom stereocenters. The first-order chi connectivity index (χ1) is 13.4. The monoisotopic (exact) mass is 388 g/mol. The van der Waals surface area contributed by atoms with Gasteiger partial charge in [0.2, 0.25) is 0 Å². The maximum absolute atomic E-state index is 12.1. The molecule has 0 aliphatic carbocycles. The maximum atomic E-state index is 12.1. The van der Waals surface area contributed by atoms with Crippen molar-refractivity contribution in [2.45, 2.75) is 13.0 Å². The summed E-state index contributed by atoms with van der Waals surface area (Å²) < 4.78 is 15.5. The van der Waals surface area contributed by atoms with Crippen LogP contribution in [0.5, 0.6) is 17.2 Å². The number of aliphatic hydroxyl groups is 1. The third kappa shape index (κ3) is 5.14. The molecule has 2 rings (SSSR count). The van der Waals surface area contributed by atoms with Gasteiger partial charge < -0.3 is 30.0 Å². The average Bonchev–Trinajstić information content (AvgIpc) is 2.71. The molecule has 2 aromatic rings. The summed E-state index contributed by atoms with van der Waals surface area (Å²) in [6.45, 7) is 1.71. The molecule has 1 atom stereocenters. The molecule has 0 bridgehead atoms. The Morgan fingerprint density at radius 2 is 1.57 bits per heavy atom. The number of aryl methyl sites for hydroxylation is 1. The summed E-state index contributed by atoms with van der Waals surface area (Å²) >= 11 is 0. The van der Waals surface area contributed by atoms with Crippen LogP contribution < -0.4 is 24.8 Å². The Balaban J connectivity index is 1.98. The Labute approximate surface area is 163 Å². The zero-order valence-corrected chi connectivity index (χ0v) is 16.2. The van der Waals surface area contributed by atoms with Crippen molar-refractivity contribution in [3.63, 3.8) is 0 Å². The number of anilines is 1. The van der Waals surface area contributed by atoms with Crippen LogP contribution in [0.2, 0.25) is 0 Å². The van der Waals surface area contributed by atoms with Crippen LogP contribution in [-0.4, -0.2) is 44.8 Å². The molecule has 8 nitrogen and oxygen atoms in total. The maximum Gasteiger partial charge on any atom is 0.313 e. The lowest BCUT2D eigenvalue weighted by Gasteiger charge is -2.15. The van der Waals surface area contributed by atoms with Crippen LogP contribution in [0.4, 0.5) is 5.69 Å². The van der Waals surface area contributed by atoms with Crippen LogP contribution >= 0.6 is 0 Å². The van der Waals surface area contributed by atoms with Crippen molar-refractivity contribution in [3.8, 4) is 17.2 Å². The average molecular weight is 388 g/mol. The van der Waals surface area contributed by atoms with Crippen molar-refractivity contribution in [3.05, 3.63) is 47.5 Å². The molecular weight excluding hydrogens is 364 g/mol. The Morgan fingerprint density at radius 1 is 0.929 bits per heavy atom. The Kier molecular flexibility index (Phi) is 7.22. The molecular formula is C20H24N2O6. The molecule has 0 aliphatic heterocycles. The van der Waals surface area contributed by atoms with Crippen LogP contribution in [0.3, 0.4) is 0 Å². The van der Waals surface area contributed by atoms with Gasteiger partial charge in [-0.2, -0.15) is 0 Å². The third-order valence-electron chi connectivity index (χ3n) is 4.06. The SMILES string of the molecule is COc1ccc(C)cc1NC(=O)C(=O)NCC(O)c1ccc(OC)c(OC)c1. The molecule has 8 heteroatoms. The van der Waals surface area contributed by atoms with Crippen LogP contribution in [0.15, 0.2) is 36.4 Å². The largest absolute Gasteiger partial charge is 0.495 e. The minimum absolute atomic E-state index is 0.146. The van der Waals surface area contributed by atoms with Gasteiger partial charge in [0.05, 0.1) is 33.1 Å². The molecule has 0 aliphatic rings. The molecule has 0 saturated heterocycles. The van der Waals surface area contributed by atoms with E-state index in [4.69, 9.17) is 14.2 Å². The van der Waals surface area contributed by atoms with Gasteiger partial charge in [-0.15, -0.1) is 0 Å². The first-order valence-corrected chi connectivity index (χ1v) is 8.53. The highest BCUT2D eigenvalue weighted by atomic mass is 16.5. The van der Waals surface area contributed by atoms with Crippen LogP contribution in [0.25, 0.3) is 0 Å². The third-order valence-corrected chi connectivity index (χ3v) is 4.06. The molecule has 2 amide bonds. The van der Waals surface area contributed by atoms with E-state index >= 15 is 0 Å². The number of nitrogens with one attached hydrogen (secondary N) is 2. The molecule has 2 aromatic carbocycles. The second-order valence-corrected chi connectivity index (χ2v) is 6.00. The summed E-state index contributed by atoms with van der Waals surface area (Å²) in [5.74, 6) is -0.313. The molecule has 0 radical (unpaired) electrons. The Hall–Kier alpha value is -3.26. The molecule has 0 spiro atoms. The van der Waals surface area contributed by atoms with Gasteiger partial charge in [0, 0.05) is 6.54 Å². The number of rotatable bonds is 7. The Bertz CT molecular complexity index is 853. The second kappa shape index (κ2) is 9.61. The highest BCUT2D eigenvalue weighted by Gasteiger charge is 2.18. The number of aliphatic hydroxyl groups excluding tert-OH is 1. The highest BCUT2D eigenvalue weighted by Crippen LogP contribution is 2.30. The number of methoxy groups -OCH3 is 3. The number of carbonyl (C=O) groups excluding carboxylic acids is 2. The summed E-state index contributed by atoms with van der Waals surface area (Å²) in [4.78, 5) is 24.2. The quantitative estimate of drug-likeness (QED) is 0.625. The lowest BCUT2D eigenvalue weighted by molar-refractivity contribution is -0.136. The summed E-state index contributed by atoms with van der Waals surface area (Å²) in [7, 11) is 4.47. The van der Waals surface area contributed by atoms with Gasteiger partial charge in [0.25, 0.3) is 0 Å². The summed E-state index contributed by atoms with van der Waals surface area (Å²) in [6, 6.07) is 10.1. The number of hydrogen-bond acceptors (Lipinski definition) is 6. The van der Waals surface area contributed by atoms with Crippen molar-refractivity contribution < 1.29 is 28.9 Å². The smallest absolute Gasteiger partial charge is 0.313 e. The minimum atomic E-state index is -1.02.